The Labute approximate surface area is 141 Å². The van der Waals surface area contributed by atoms with Gasteiger partial charge in [-0.05, 0) is 71.2 Å². The molecule has 0 radical (unpaired) electrons. The van der Waals surface area contributed by atoms with Gasteiger partial charge in [0.25, 0.3) is 5.91 Å². The lowest BCUT2D eigenvalue weighted by Crippen LogP contribution is -2.48. The van der Waals surface area contributed by atoms with E-state index >= 15 is 0 Å². The summed E-state index contributed by atoms with van der Waals surface area (Å²) < 4.78 is 1.88. The van der Waals surface area contributed by atoms with Crippen LogP contribution in [0.4, 0.5) is 0 Å². The lowest BCUT2D eigenvalue weighted by Gasteiger charge is -2.33. The van der Waals surface area contributed by atoms with Crippen LogP contribution in [0.2, 0.25) is 0 Å². The first-order valence-corrected chi connectivity index (χ1v) is 9.38. The zero-order chi connectivity index (χ0) is 14.7. The summed E-state index contributed by atoms with van der Waals surface area (Å²) in [6.45, 7) is 6.01. The second-order valence-corrected chi connectivity index (χ2v) is 9.19. The van der Waals surface area contributed by atoms with Crippen molar-refractivity contribution in [2.45, 2.75) is 45.2 Å². The van der Waals surface area contributed by atoms with E-state index in [0.29, 0.717) is 6.04 Å². The van der Waals surface area contributed by atoms with E-state index in [1.54, 1.807) is 11.3 Å². The third-order valence-corrected chi connectivity index (χ3v) is 5.94. The van der Waals surface area contributed by atoms with Gasteiger partial charge in [0.05, 0.1) is 13.1 Å². The van der Waals surface area contributed by atoms with Gasteiger partial charge in [0.15, 0.2) is 0 Å². The Bertz CT molecular complexity index is 470. The average molecular weight is 424 g/mol. The Balaban J connectivity index is 2.11. The summed E-state index contributed by atoms with van der Waals surface area (Å²) in [6.07, 6.45) is 3.66. The van der Waals surface area contributed by atoms with Gasteiger partial charge in [0, 0.05) is 18.6 Å². The van der Waals surface area contributed by atoms with Crippen molar-refractivity contribution in [2.24, 2.45) is 0 Å². The number of thiophene rings is 1. The molecule has 1 aliphatic rings. The summed E-state index contributed by atoms with van der Waals surface area (Å²) in [7, 11) is 0. The Morgan fingerprint density at radius 2 is 2.25 bits per heavy atom. The molecule has 1 unspecified atom stereocenters. The molecule has 112 valence electrons. The Hall–Kier alpha value is 0.0900. The topological polar surface area (TPSA) is 32.3 Å². The molecule has 2 rings (SSSR count). The normalized spacial score (nSPS) is 19.4. The largest absolute Gasteiger partial charge is 0.335 e. The fraction of sp³-hybridized carbons (Fsp3) is 0.643. The third-order valence-electron chi connectivity index (χ3n) is 3.60. The third kappa shape index (κ3) is 4.06. The molecule has 6 heteroatoms. The lowest BCUT2D eigenvalue weighted by molar-refractivity contribution is 0.0676. The Kier molecular flexibility index (Phi) is 6.08. The number of nitrogens with one attached hydrogen (secondary N) is 1. The van der Waals surface area contributed by atoms with Gasteiger partial charge in [0.1, 0.15) is 0 Å². The highest BCUT2D eigenvalue weighted by Gasteiger charge is 2.25. The van der Waals surface area contributed by atoms with E-state index < -0.39 is 0 Å². The van der Waals surface area contributed by atoms with Gasteiger partial charge in [-0.3, -0.25) is 4.79 Å². The first-order valence-electron chi connectivity index (χ1n) is 6.98. The minimum absolute atomic E-state index is 0.112. The van der Waals surface area contributed by atoms with E-state index in [-0.39, 0.29) is 11.9 Å². The molecule has 1 amide bonds. The zero-order valence-electron chi connectivity index (χ0n) is 11.8. The van der Waals surface area contributed by atoms with Crippen molar-refractivity contribution in [2.75, 3.05) is 13.1 Å². The number of carbonyl (C=O) groups excluding carboxylic acids is 1. The quantitative estimate of drug-likeness (QED) is 0.784. The second-order valence-electron chi connectivity index (χ2n) is 5.44. The molecule has 20 heavy (non-hydrogen) atoms. The molecule has 0 aliphatic carbocycles. The van der Waals surface area contributed by atoms with Gasteiger partial charge in [-0.2, -0.15) is 0 Å². The van der Waals surface area contributed by atoms with Gasteiger partial charge in [-0.1, -0.05) is 6.42 Å². The number of piperidine rings is 1. The number of hydrogen-bond acceptors (Lipinski definition) is 3. The van der Waals surface area contributed by atoms with Crippen LogP contribution in [0.5, 0.6) is 0 Å². The minimum Gasteiger partial charge on any atom is -0.335 e. The molecular formula is C14H20Br2N2OS. The predicted molar refractivity (Wildman–Crippen MR) is 91.5 cm³/mol. The summed E-state index contributed by atoms with van der Waals surface area (Å²) in [4.78, 5) is 14.7. The minimum atomic E-state index is 0.112. The molecule has 0 spiro atoms. The van der Waals surface area contributed by atoms with Crippen molar-refractivity contribution in [3.63, 3.8) is 0 Å². The molecule has 0 aromatic carbocycles. The van der Waals surface area contributed by atoms with Gasteiger partial charge in [-0.25, -0.2) is 0 Å². The van der Waals surface area contributed by atoms with Crippen LogP contribution in [-0.4, -0.2) is 36.0 Å². The summed E-state index contributed by atoms with van der Waals surface area (Å²) in [5, 5.41) is 3.52. The van der Waals surface area contributed by atoms with Crippen molar-refractivity contribution < 1.29 is 4.79 Å². The van der Waals surface area contributed by atoms with Gasteiger partial charge in [-0.15, -0.1) is 11.3 Å². The monoisotopic (exact) mass is 422 g/mol. The van der Waals surface area contributed by atoms with Crippen LogP contribution in [0.15, 0.2) is 13.6 Å². The maximum Gasteiger partial charge on any atom is 0.256 e. The molecule has 1 aromatic rings. The molecule has 0 bridgehead atoms. The van der Waals surface area contributed by atoms with E-state index in [1.807, 2.05) is 11.0 Å². The van der Waals surface area contributed by atoms with E-state index in [4.69, 9.17) is 0 Å². The fourth-order valence-corrected chi connectivity index (χ4v) is 5.26. The molecule has 1 aromatic heterocycles. The SMILES string of the molecule is CC(C)N(CC1CCCCN1)C(=O)c1cc(Br)sc1Br. The molecule has 1 aliphatic heterocycles. The van der Waals surface area contributed by atoms with Crippen molar-refractivity contribution >= 4 is 49.1 Å². The first kappa shape index (κ1) is 16.5. The standard InChI is InChI=1S/C14H20Br2N2OS/c1-9(2)18(8-10-5-3-4-6-17-10)14(19)11-7-12(15)20-13(11)16/h7,9-10,17H,3-6,8H2,1-2H3. The summed E-state index contributed by atoms with van der Waals surface area (Å²) in [5.41, 5.74) is 0.756. The van der Waals surface area contributed by atoms with Crippen LogP contribution in [0.3, 0.4) is 0 Å². The highest BCUT2D eigenvalue weighted by Crippen LogP contribution is 2.33. The molecule has 2 heterocycles. The second kappa shape index (κ2) is 7.38. The van der Waals surface area contributed by atoms with Crippen LogP contribution in [0.1, 0.15) is 43.5 Å². The maximum absolute atomic E-state index is 12.7. The van der Waals surface area contributed by atoms with Crippen LogP contribution in [0.25, 0.3) is 0 Å². The average Bonchev–Trinajstić information content (AvgIpc) is 2.75. The molecule has 1 fully saturated rings. The van der Waals surface area contributed by atoms with E-state index in [9.17, 15) is 4.79 Å². The summed E-state index contributed by atoms with van der Waals surface area (Å²) >= 11 is 8.47. The molecule has 3 nitrogen and oxygen atoms in total. The predicted octanol–water partition coefficient (Wildman–Crippen LogP) is 4.27. The maximum atomic E-state index is 12.7. The molecule has 1 N–H and O–H groups in total. The Morgan fingerprint density at radius 1 is 1.50 bits per heavy atom. The van der Waals surface area contributed by atoms with Crippen LogP contribution in [-0.2, 0) is 0 Å². The van der Waals surface area contributed by atoms with Gasteiger partial charge < -0.3 is 10.2 Å². The number of carbonyl (C=O) groups is 1. The van der Waals surface area contributed by atoms with Crippen molar-refractivity contribution in [1.29, 1.82) is 0 Å². The first-order chi connectivity index (χ1) is 9.49. The van der Waals surface area contributed by atoms with Crippen molar-refractivity contribution in [3.05, 3.63) is 19.2 Å². The number of halogens is 2. The molecular weight excluding hydrogens is 404 g/mol. The number of rotatable bonds is 4. The molecule has 1 saturated heterocycles. The summed E-state index contributed by atoms with van der Waals surface area (Å²) in [5.74, 6) is 0.112. The Morgan fingerprint density at radius 3 is 2.75 bits per heavy atom. The van der Waals surface area contributed by atoms with Crippen LogP contribution in [0, 0.1) is 0 Å². The van der Waals surface area contributed by atoms with Gasteiger partial charge in [0.2, 0.25) is 0 Å². The number of nitrogens with zero attached hydrogens (tertiary/aromatic N) is 1. The van der Waals surface area contributed by atoms with E-state index in [2.05, 4.69) is 51.0 Å². The smallest absolute Gasteiger partial charge is 0.256 e. The van der Waals surface area contributed by atoms with Crippen molar-refractivity contribution in [3.8, 4) is 0 Å². The van der Waals surface area contributed by atoms with E-state index in [0.717, 1.165) is 32.6 Å². The zero-order valence-corrected chi connectivity index (χ0v) is 15.8. The van der Waals surface area contributed by atoms with Crippen LogP contribution < -0.4 is 5.32 Å². The number of amides is 1. The highest BCUT2D eigenvalue weighted by molar-refractivity contribution is 9.12. The van der Waals surface area contributed by atoms with Gasteiger partial charge >= 0.3 is 0 Å². The molecule has 0 saturated carbocycles. The van der Waals surface area contributed by atoms with E-state index in [1.165, 1.54) is 12.8 Å². The number of hydrogen-bond donors (Lipinski definition) is 1. The lowest BCUT2D eigenvalue weighted by atomic mass is 10.0. The van der Waals surface area contributed by atoms with Crippen LogP contribution >= 0.6 is 43.2 Å². The van der Waals surface area contributed by atoms with Crippen molar-refractivity contribution in [1.82, 2.24) is 10.2 Å². The highest BCUT2D eigenvalue weighted by atomic mass is 79.9. The fourth-order valence-electron chi connectivity index (χ4n) is 2.49. The summed E-state index contributed by atoms with van der Waals surface area (Å²) in [6, 6.07) is 2.54. The molecule has 1 atom stereocenters.